The highest BCUT2D eigenvalue weighted by Gasteiger charge is 2.20. The van der Waals surface area contributed by atoms with E-state index >= 15 is 0 Å². The van der Waals surface area contributed by atoms with Gasteiger partial charge in [-0.05, 0) is 49.2 Å². The second-order valence-electron chi connectivity index (χ2n) is 7.39. The monoisotopic (exact) mass is 559 g/mol. The summed E-state index contributed by atoms with van der Waals surface area (Å²) in [5, 5.41) is 6.88. The van der Waals surface area contributed by atoms with Gasteiger partial charge in [-0.15, -0.1) is 0 Å². The summed E-state index contributed by atoms with van der Waals surface area (Å²) in [6.07, 6.45) is 0.546. The number of aromatic nitrogens is 2. The predicted octanol–water partition coefficient (Wildman–Crippen LogP) is 2.93. The summed E-state index contributed by atoms with van der Waals surface area (Å²) < 4.78 is 22.9. The maximum absolute atomic E-state index is 12.7. The minimum absolute atomic E-state index is 0.104. The van der Waals surface area contributed by atoms with Gasteiger partial charge in [-0.1, -0.05) is 28.1 Å². The van der Waals surface area contributed by atoms with Gasteiger partial charge in [0, 0.05) is 11.0 Å². The van der Waals surface area contributed by atoms with Crippen LogP contribution in [0.25, 0.3) is 5.69 Å². The van der Waals surface area contributed by atoms with Gasteiger partial charge in [-0.3, -0.25) is 9.59 Å². The van der Waals surface area contributed by atoms with Crippen LogP contribution in [0, 0.1) is 0 Å². The first-order valence-corrected chi connectivity index (χ1v) is 11.8. The lowest BCUT2D eigenvalue weighted by Gasteiger charge is -2.13. The first-order chi connectivity index (χ1) is 17.4. The summed E-state index contributed by atoms with van der Waals surface area (Å²) in [6, 6.07) is 13.5. The molecule has 0 aliphatic heterocycles. The lowest BCUT2D eigenvalue weighted by Crippen LogP contribution is -2.32. The third-order valence-electron chi connectivity index (χ3n) is 4.96. The third kappa shape index (κ3) is 6.85. The molecule has 3 rings (SSSR count). The van der Waals surface area contributed by atoms with Gasteiger partial charge in [0.15, 0.2) is 23.9 Å². The van der Waals surface area contributed by atoms with E-state index in [-0.39, 0.29) is 18.1 Å². The number of carbonyl (C=O) groups is 2. The number of halogens is 1. The highest BCUT2D eigenvalue weighted by molar-refractivity contribution is 9.10. The number of methoxy groups -OCH3 is 2. The molecule has 0 saturated heterocycles. The molecule has 0 aliphatic carbocycles. The van der Waals surface area contributed by atoms with Crippen molar-refractivity contribution in [3.05, 3.63) is 74.6 Å². The van der Waals surface area contributed by atoms with Crippen molar-refractivity contribution in [1.29, 1.82) is 0 Å². The van der Waals surface area contributed by atoms with Crippen molar-refractivity contribution >= 4 is 27.8 Å². The Bertz CT molecular complexity index is 1290. The molecule has 3 aromatic rings. The first-order valence-electron chi connectivity index (χ1n) is 11.0. The van der Waals surface area contributed by atoms with E-state index in [0.717, 1.165) is 20.8 Å². The van der Waals surface area contributed by atoms with Crippen LogP contribution < -0.4 is 25.1 Å². The van der Waals surface area contributed by atoms with Crippen molar-refractivity contribution in [3.8, 4) is 22.9 Å². The molecular formula is C25H26BrN3O7. The van der Waals surface area contributed by atoms with Gasteiger partial charge in [0.05, 0.1) is 32.6 Å². The molecule has 1 heterocycles. The molecule has 0 fully saturated rings. The molecule has 0 bridgehead atoms. The van der Waals surface area contributed by atoms with Gasteiger partial charge >= 0.3 is 5.97 Å². The number of hydrogen-bond donors (Lipinski definition) is 1. The fourth-order valence-electron chi connectivity index (χ4n) is 3.26. The second kappa shape index (κ2) is 12.7. The number of rotatable bonds is 11. The Morgan fingerprint density at radius 1 is 1.03 bits per heavy atom. The minimum Gasteiger partial charge on any atom is -0.493 e. The van der Waals surface area contributed by atoms with Gasteiger partial charge in [-0.2, -0.15) is 9.78 Å². The van der Waals surface area contributed by atoms with E-state index in [0.29, 0.717) is 30.2 Å². The molecule has 0 unspecified atom stereocenters. The zero-order valence-electron chi connectivity index (χ0n) is 20.1. The van der Waals surface area contributed by atoms with E-state index in [4.69, 9.17) is 18.9 Å². The van der Waals surface area contributed by atoms with E-state index in [1.165, 1.54) is 0 Å². The smallest absolute Gasteiger partial charge is 0.362 e. The molecule has 0 aliphatic rings. The summed E-state index contributed by atoms with van der Waals surface area (Å²) in [5.74, 6) is -0.126. The largest absolute Gasteiger partial charge is 0.493 e. The van der Waals surface area contributed by atoms with Gasteiger partial charge in [0.1, 0.15) is 0 Å². The van der Waals surface area contributed by atoms with Crippen LogP contribution in [0.3, 0.4) is 0 Å². The quantitative estimate of drug-likeness (QED) is 0.356. The van der Waals surface area contributed by atoms with Crippen molar-refractivity contribution in [2.45, 2.75) is 13.3 Å². The van der Waals surface area contributed by atoms with Crippen molar-refractivity contribution in [3.63, 3.8) is 0 Å². The second-order valence-corrected chi connectivity index (χ2v) is 8.30. The van der Waals surface area contributed by atoms with Gasteiger partial charge in [-0.25, -0.2) is 4.79 Å². The van der Waals surface area contributed by atoms with Crippen LogP contribution in [0.2, 0.25) is 0 Å². The first kappa shape index (κ1) is 26.7. The number of nitrogens with one attached hydrogen (secondary N) is 1. The number of nitrogens with zero attached hydrogens (tertiary/aromatic N) is 2. The van der Waals surface area contributed by atoms with E-state index in [9.17, 15) is 14.4 Å². The molecule has 0 atom stereocenters. The van der Waals surface area contributed by atoms with Gasteiger partial charge in [0.25, 0.3) is 11.5 Å². The van der Waals surface area contributed by atoms with Crippen molar-refractivity contribution < 1.29 is 28.5 Å². The SMILES string of the molecule is CCOC(=O)c1nn(-c2cccc(Br)c2)c(=O)cc1OCC(=O)NCCc1ccc(OC)c(OC)c1. The summed E-state index contributed by atoms with van der Waals surface area (Å²) in [5.41, 5.74) is 0.637. The summed E-state index contributed by atoms with van der Waals surface area (Å²) in [7, 11) is 3.11. The zero-order chi connectivity index (χ0) is 26.1. The lowest BCUT2D eigenvalue weighted by atomic mass is 10.1. The molecule has 0 radical (unpaired) electrons. The number of ether oxygens (including phenoxy) is 4. The predicted molar refractivity (Wildman–Crippen MR) is 135 cm³/mol. The molecule has 1 amide bonds. The summed E-state index contributed by atoms with van der Waals surface area (Å²) in [4.78, 5) is 37.5. The number of carbonyl (C=O) groups excluding carboxylic acids is 2. The van der Waals surface area contributed by atoms with Crippen LogP contribution in [-0.4, -0.2) is 55.6 Å². The van der Waals surface area contributed by atoms with Crippen LogP contribution in [0.5, 0.6) is 17.2 Å². The van der Waals surface area contributed by atoms with E-state index in [1.807, 2.05) is 12.1 Å². The molecule has 190 valence electrons. The molecule has 11 heteroatoms. The average molecular weight is 560 g/mol. The maximum atomic E-state index is 12.7. The third-order valence-corrected chi connectivity index (χ3v) is 5.45. The number of amides is 1. The van der Waals surface area contributed by atoms with Crippen LogP contribution in [0.1, 0.15) is 23.0 Å². The number of benzene rings is 2. The number of esters is 1. The molecule has 0 spiro atoms. The minimum atomic E-state index is -0.773. The highest BCUT2D eigenvalue weighted by atomic mass is 79.9. The topological polar surface area (TPSA) is 118 Å². The Labute approximate surface area is 216 Å². The maximum Gasteiger partial charge on any atom is 0.362 e. The molecule has 10 nitrogen and oxygen atoms in total. The van der Waals surface area contributed by atoms with E-state index in [2.05, 4.69) is 26.3 Å². The van der Waals surface area contributed by atoms with Gasteiger partial charge in [0.2, 0.25) is 5.69 Å². The molecule has 36 heavy (non-hydrogen) atoms. The van der Waals surface area contributed by atoms with Crippen molar-refractivity contribution in [2.75, 3.05) is 34.0 Å². The van der Waals surface area contributed by atoms with Crippen molar-refractivity contribution in [1.82, 2.24) is 15.1 Å². The van der Waals surface area contributed by atoms with Crippen molar-refractivity contribution in [2.24, 2.45) is 0 Å². The van der Waals surface area contributed by atoms with E-state index in [1.54, 1.807) is 51.5 Å². The standard InChI is InChI=1S/C25H26BrN3O7/c1-4-35-25(32)24-21(14-23(31)29(28-24)18-7-5-6-17(26)13-18)36-15-22(30)27-11-10-16-8-9-19(33-2)20(12-16)34-3/h5-9,12-14H,4,10-11,15H2,1-3H3,(H,27,30). The Morgan fingerprint density at radius 2 is 1.81 bits per heavy atom. The van der Waals surface area contributed by atoms with Crippen LogP contribution >= 0.6 is 15.9 Å². The number of hydrogen-bond acceptors (Lipinski definition) is 8. The molecule has 1 N–H and O–H groups in total. The Hall–Kier alpha value is -3.86. The molecule has 1 aromatic heterocycles. The molecule has 0 saturated carbocycles. The average Bonchev–Trinajstić information content (AvgIpc) is 2.87. The highest BCUT2D eigenvalue weighted by Crippen LogP contribution is 2.27. The fourth-order valence-corrected chi connectivity index (χ4v) is 3.65. The van der Waals surface area contributed by atoms with E-state index < -0.39 is 24.0 Å². The Morgan fingerprint density at radius 3 is 2.50 bits per heavy atom. The van der Waals surface area contributed by atoms with Gasteiger partial charge < -0.3 is 24.3 Å². The molecule has 2 aromatic carbocycles. The zero-order valence-corrected chi connectivity index (χ0v) is 21.7. The fraction of sp³-hybridized carbons (Fsp3) is 0.280. The Kier molecular flexibility index (Phi) is 9.46. The molecular weight excluding hydrogens is 534 g/mol. The lowest BCUT2D eigenvalue weighted by molar-refractivity contribution is -0.123. The van der Waals surface area contributed by atoms with Crippen LogP contribution in [-0.2, 0) is 16.0 Å². The normalized spacial score (nSPS) is 10.4. The summed E-state index contributed by atoms with van der Waals surface area (Å²) in [6.45, 7) is 1.67. The van der Waals surface area contributed by atoms with Crippen LogP contribution in [0.4, 0.5) is 0 Å². The Balaban J connectivity index is 1.68. The van der Waals surface area contributed by atoms with Crippen LogP contribution in [0.15, 0.2) is 57.8 Å². The summed E-state index contributed by atoms with van der Waals surface area (Å²) >= 11 is 3.34.